The summed E-state index contributed by atoms with van der Waals surface area (Å²) >= 11 is 0. The van der Waals surface area contributed by atoms with Gasteiger partial charge in [-0.15, -0.1) is 0 Å². The predicted molar refractivity (Wildman–Crippen MR) is 80.2 cm³/mol. The maximum Gasteiger partial charge on any atom is 0.355 e. The summed E-state index contributed by atoms with van der Waals surface area (Å²) in [5, 5.41) is 0. The van der Waals surface area contributed by atoms with E-state index < -0.39 is 26.8 Å². The van der Waals surface area contributed by atoms with Crippen LogP contribution < -0.4 is 0 Å². The third kappa shape index (κ3) is 5.65. The molecule has 1 aromatic carbocycles. The van der Waals surface area contributed by atoms with Gasteiger partial charge in [-0.2, -0.15) is 8.42 Å². The van der Waals surface area contributed by atoms with Crippen LogP contribution in [0, 0.1) is 5.41 Å². The van der Waals surface area contributed by atoms with Gasteiger partial charge >= 0.3 is 15.3 Å². The zero-order valence-electron chi connectivity index (χ0n) is 12.2. The van der Waals surface area contributed by atoms with E-state index >= 15 is 0 Å². The Hall–Kier alpha value is -1.11. The SMILES string of the molecule is CCOC(=O)C(C)(C)C(Cc1ccccc1)OS(=O)(=O)Cl. The van der Waals surface area contributed by atoms with Crippen molar-refractivity contribution in [1.82, 2.24) is 0 Å². The van der Waals surface area contributed by atoms with Gasteiger partial charge in [0.25, 0.3) is 0 Å². The molecule has 1 atom stereocenters. The standard InChI is InChI=1S/C14H19ClO5S/c1-4-19-13(16)14(2,3)12(20-21(15,17)18)10-11-8-6-5-7-9-11/h5-9,12H,4,10H2,1-3H3. The first-order valence-electron chi connectivity index (χ1n) is 6.51. The fourth-order valence-corrected chi connectivity index (χ4v) is 2.67. The van der Waals surface area contributed by atoms with Crippen LogP contribution in [-0.4, -0.2) is 27.1 Å². The lowest BCUT2D eigenvalue weighted by Crippen LogP contribution is -2.42. The van der Waals surface area contributed by atoms with Crippen LogP contribution in [0.15, 0.2) is 30.3 Å². The molecule has 1 unspecified atom stereocenters. The second kappa shape index (κ2) is 7.24. The molecule has 21 heavy (non-hydrogen) atoms. The van der Waals surface area contributed by atoms with Gasteiger partial charge < -0.3 is 4.74 Å². The number of ether oxygens (including phenoxy) is 1. The van der Waals surface area contributed by atoms with Crippen molar-refractivity contribution in [2.24, 2.45) is 5.41 Å². The highest BCUT2D eigenvalue weighted by atomic mass is 35.7. The van der Waals surface area contributed by atoms with Gasteiger partial charge in [-0.3, -0.25) is 8.98 Å². The lowest BCUT2D eigenvalue weighted by molar-refractivity contribution is -0.158. The minimum absolute atomic E-state index is 0.202. The van der Waals surface area contributed by atoms with Crippen LogP contribution in [0.2, 0.25) is 0 Å². The Kier molecular flexibility index (Phi) is 6.19. The third-order valence-corrected chi connectivity index (χ3v) is 3.78. The number of hydrogen-bond donors (Lipinski definition) is 0. The van der Waals surface area contributed by atoms with Crippen molar-refractivity contribution in [1.29, 1.82) is 0 Å². The molecular formula is C14H19ClO5S. The molecule has 5 nitrogen and oxygen atoms in total. The average Bonchev–Trinajstić information content (AvgIpc) is 2.38. The second-order valence-corrected chi connectivity index (χ2v) is 7.22. The van der Waals surface area contributed by atoms with Crippen LogP contribution in [0.4, 0.5) is 0 Å². The van der Waals surface area contributed by atoms with E-state index in [1.807, 2.05) is 30.3 Å². The first kappa shape index (κ1) is 17.9. The van der Waals surface area contributed by atoms with E-state index in [4.69, 9.17) is 19.6 Å². The number of carbonyl (C=O) groups is 1. The van der Waals surface area contributed by atoms with Gasteiger partial charge in [0.2, 0.25) is 0 Å². The molecule has 1 aromatic rings. The van der Waals surface area contributed by atoms with Crippen molar-refractivity contribution in [3.8, 4) is 0 Å². The number of carbonyl (C=O) groups excluding carboxylic acids is 1. The van der Waals surface area contributed by atoms with Crippen LogP contribution in [-0.2, 0) is 29.5 Å². The van der Waals surface area contributed by atoms with E-state index in [0.717, 1.165) is 5.56 Å². The van der Waals surface area contributed by atoms with Gasteiger partial charge in [-0.1, -0.05) is 30.3 Å². The van der Waals surface area contributed by atoms with E-state index in [9.17, 15) is 13.2 Å². The van der Waals surface area contributed by atoms with Crippen molar-refractivity contribution in [2.75, 3.05) is 6.61 Å². The normalized spacial score (nSPS) is 13.7. The van der Waals surface area contributed by atoms with E-state index in [0.29, 0.717) is 0 Å². The molecular weight excluding hydrogens is 316 g/mol. The van der Waals surface area contributed by atoms with Crippen molar-refractivity contribution in [3.63, 3.8) is 0 Å². The van der Waals surface area contributed by atoms with Crippen LogP contribution in [0.5, 0.6) is 0 Å². The second-order valence-electron chi connectivity index (χ2n) is 5.11. The predicted octanol–water partition coefficient (Wildman–Crippen LogP) is 2.69. The summed E-state index contributed by atoms with van der Waals surface area (Å²) in [5.74, 6) is -0.536. The Bertz CT molecular complexity index is 568. The Morgan fingerprint density at radius 2 is 1.86 bits per heavy atom. The molecule has 0 fully saturated rings. The number of benzene rings is 1. The van der Waals surface area contributed by atoms with Gasteiger partial charge in [0.1, 0.15) is 0 Å². The molecule has 1 rings (SSSR count). The quantitative estimate of drug-likeness (QED) is 0.566. The summed E-state index contributed by atoms with van der Waals surface area (Å²) in [6.45, 7) is 5.02. The molecule has 0 aliphatic heterocycles. The highest BCUT2D eigenvalue weighted by molar-refractivity contribution is 8.10. The Morgan fingerprint density at radius 3 is 2.33 bits per heavy atom. The van der Waals surface area contributed by atoms with E-state index in [2.05, 4.69) is 0 Å². The lowest BCUT2D eigenvalue weighted by atomic mass is 9.83. The first-order chi connectivity index (χ1) is 9.66. The monoisotopic (exact) mass is 334 g/mol. The van der Waals surface area contributed by atoms with Crippen LogP contribution in [0.3, 0.4) is 0 Å². The summed E-state index contributed by atoms with van der Waals surface area (Å²) in [7, 11) is 0.969. The molecule has 0 aliphatic rings. The highest BCUT2D eigenvalue weighted by Gasteiger charge is 2.41. The Labute approximate surface area is 129 Å². The number of rotatable bonds is 7. The molecule has 0 heterocycles. The Balaban J connectivity index is 3.04. The van der Waals surface area contributed by atoms with E-state index in [-0.39, 0.29) is 13.0 Å². The van der Waals surface area contributed by atoms with Crippen molar-refractivity contribution in [2.45, 2.75) is 33.3 Å². The summed E-state index contributed by atoms with van der Waals surface area (Å²) in [6, 6.07) is 9.11. The zero-order valence-corrected chi connectivity index (χ0v) is 13.8. The van der Waals surface area contributed by atoms with Gasteiger partial charge in [0, 0.05) is 17.1 Å². The third-order valence-electron chi connectivity index (χ3n) is 3.10. The molecule has 7 heteroatoms. The minimum atomic E-state index is -4.21. The first-order valence-corrected chi connectivity index (χ1v) is 8.74. The van der Waals surface area contributed by atoms with Crippen molar-refractivity contribution < 1.29 is 22.1 Å². The number of hydrogen-bond acceptors (Lipinski definition) is 5. The zero-order chi connectivity index (χ0) is 16.1. The van der Waals surface area contributed by atoms with Gasteiger partial charge in [0.05, 0.1) is 18.1 Å². The fraction of sp³-hybridized carbons (Fsp3) is 0.500. The molecule has 0 aliphatic carbocycles. The average molecular weight is 335 g/mol. The lowest BCUT2D eigenvalue weighted by Gasteiger charge is -2.30. The Morgan fingerprint density at radius 1 is 1.29 bits per heavy atom. The molecule has 0 bridgehead atoms. The molecule has 0 N–H and O–H groups in total. The van der Waals surface area contributed by atoms with E-state index in [1.54, 1.807) is 20.8 Å². The van der Waals surface area contributed by atoms with Crippen molar-refractivity contribution >= 4 is 26.0 Å². The van der Waals surface area contributed by atoms with Crippen LogP contribution in [0.1, 0.15) is 26.3 Å². The molecule has 0 amide bonds. The highest BCUT2D eigenvalue weighted by Crippen LogP contribution is 2.30. The maximum atomic E-state index is 12.0. The molecule has 0 saturated carbocycles. The smallest absolute Gasteiger partial charge is 0.355 e. The van der Waals surface area contributed by atoms with Gasteiger partial charge in [-0.25, -0.2) is 0 Å². The van der Waals surface area contributed by atoms with E-state index in [1.165, 1.54) is 0 Å². The van der Waals surface area contributed by atoms with Crippen LogP contribution in [0.25, 0.3) is 0 Å². The number of halogens is 1. The molecule has 0 saturated heterocycles. The molecule has 118 valence electrons. The largest absolute Gasteiger partial charge is 0.466 e. The molecule has 0 radical (unpaired) electrons. The van der Waals surface area contributed by atoms with Gasteiger partial charge in [0.15, 0.2) is 0 Å². The maximum absolute atomic E-state index is 12.0. The minimum Gasteiger partial charge on any atom is -0.466 e. The topological polar surface area (TPSA) is 69.7 Å². The summed E-state index contributed by atoms with van der Waals surface area (Å²) in [4.78, 5) is 12.0. The summed E-state index contributed by atoms with van der Waals surface area (Å²) in [5.41, 5.74) is -0.325. The number of esters is 1. The van der Waals surface area contributed by atoms with Crippen molar-refractivity contribution in [3.05, 3.63) is 35.9 Å². The summed E-state index contributed by atoms with van der Waals surface area (Å²) < 4.78 is 32.4. The van der Waals surface area contributed by atoms with Crippen LogP contribution >= 0.6 is 10.7 Å². The van der Waals surface area contributed by atoms with Gasteiger partial charge in [-0.05, 0) is 26.3 Å². The molecule has 0 spiro atoms. The fourth-order valence-electron chi connectivity index (χ4n) is 1.82. The molecule has 0 aromatic heterocycles. The summed E-state index contributed by atoms with van der Waals surface area (Å²) in [6.07, 6.45) is -0.736.